The highest BCUT2D eigenvalue weighted by Crippen LogP contribution is 2.19. The lowest BCUT2D eigenvalue weighted by Crippen LogP contribution is -2.45. The Labute approximate surface area is 532 Å². The molecule has 85 heavy (non-hydrogen) atoms. The van der Waals surface area contributed by atoms with Gasteiger partial charge in [0.2, 0.25) is 5.91 Å². The van der Waals surface area contributed by atoms with E-state index in [1.165, 1.54) is 360 Å². The molecular weight excluding hydrogens is 1040 g/mol. The predicted molar refractivity (Wildman–Crippen MR) is 375 cm³/mol. The van der Waals surface area contributed by atoms with Crippen molar-refractivity contribution in [2.45, 2.75) is 443 Å². The van der Waals surface area contributed by atoms with Crippen molar-refractivity contribution in [3.8, 4) is 0 Å². The summed E-state index contributed by atoms with van der Waals surface area (Å²) in [6, 6.07) is -0.625. The zero-order valence-corrected chi connectivity index (χ0v) is 57.6. The lowest BCUT2D eigenvalue weighted by atomic mass is 10.0. The number of unbranched alkanes of at least 4 members (excludes halogenated alkanes) is 58. The van der Waals surface area contributed by atoms with E-state index in [0.29, 0.717) is 19.4 Å². The normalized spacial score (nSPS) is 12.7. The molecule has 0 heterocycles. The van der Waals surface area contributed by atoms with Crippen molar-refractivity contribution < 1.29 is 24.5 Å². The molecule has 2 atom stereocenters. The lowest BCUT2D eigenvalue weighted by Gasteiger charge is -2.20. The fourth-order valence-electron chi connectivity index (χ4n) is 12.2. The molecule has 1 amide bonds. The first-order valence-corrected chi connectivity index (χ1v) is 38.8. The number of carbonyl (C=O) groups is 2. The second-order valence-corrected chi connectivity index (χ2v) is 26.7. The number of hydrogen-bond acceptors (Lipinski definition) is 5. The van der Waals surface area contributed by atoms with Crippen LogP contribution in [0.15, 0.2) is 36.5 Å². The fraction of sp³-hybridized carbons (Fsp3) is 0.899. The minimum Gasteiger partial charge on any atom is -0.466 e. The summed E-state index contributed by atoms with van der Waals surface area (Å²) in [6.07, 6.45) is 97.0. The average molecular weight is 1200 g/mol. The maximum Gasteiger partial charge on any atom is 0.305 e. The highest BCUT2D eigenvalue weighted by Gasteiger charge is 2.18. The van der Waals surface area contributed by atoms with Gasteiger partial charge in [-0.2, -0.15) is 0 Å². The SMILES string of the molecule is CCCC/C=C\CCCCCCCC(=O)OCCCCCCCCCCCCCCCCCCCC/C=C\CCCCCCCCCCCCCCCCCCCC(=O)NC(CO)C(O)/C=C/CCCCCCCCCCCCCCCCCC. The molecule has 0 aliphatic rings. The van der Waals surface area contributed by atoms with Crippen molar-refractivity contribution >= 4 is 11.9 Å². The Hall–Kier alpha value is -1.92. The molecule has 6 heteroatoms. The minimum absolute atomic E-state index is 0.0115. The average Bonchev–Trinajstić information content (AvgIpc) is 3.55. The first-order chi connectivity index (χ1) is 42.0. The number of rotatable bonds is 73. The number of nitrogens with one attached hydrogen (secondary N) is 1. The van der Waals surface area contributed by atoms with Gasteiger partial charge in [0.05, 0.1) is 25.4 Å². The largest absolute Gasteiger partial charge is 0.466 e. The van der Waals surface area contributed by atoms with Crippen LogP contribution in [-0.4, -0.2) is 47.4 Å². The zero-order valence-electron chi connectivity index (χ0n) is 57.6. The topological polar surface area (TPSA) is 95.9 Å². The van der Waals surface area contributed by atoms with E-state index in [4.69, 9.17) is 4.74 Å². The number of allylic oxidation sites excluding steroid dienone is 5. The third kappa shape index (κ3) is 71.0. The highest BCUT2D eigenvalue weighted by molar-refractivity contribution is 5.76. The molecule has 0 aliphatic carbocycles. The summed E-state index contributed by atoms with van der Waals surface area (Å²) in [7, 11) is 0. The van der Waals surface area contributed by atoms with Gasteiger partial charge < -0.3 is 20.3 Å². The molecule has 0 rings (SSSR count). The van der Waals surface area contributed by atoms with Gasteiger partial charge in [-0.3, -0.25) is 9.59 Å². The van der Waals surface area contributed by atoms with Crippen molar-refractivity contribution in [3.63, 3.8) is 0 Å². The van der Waals surface area contributed by atoms with E-state index in [-0.39, 0.29) is 18.5 Å². The van der Waals surface area contributed by atoms with Gasteiger partial charge in [0.1, 0.15) is 0 Å². The maximum absolute atomic E-state index is 12.5. The van der Waals surface area contributed by atoms with Crippen LogP contribution in [0.5, 0.6) is 0 Å². The number of amides is 1. The second-order valence-electron chi connectivity index (χ2n) is 26.7. The molecule has 6 nitrogen and oxygen atoms in total. The summed E-state index contributed by atoms with van der Waals surface area (Å²) in [5.41, 5.74) is 0. The molecule has 3 N–H and O–H groups in total. The fourth-order valence-corrected chi connectivity index (χ4v) is 12.2. The van der Waals surface area contributed by atoms with Gasteiger partial charge in [0.15, 0.2) is 0 Å². The molecule has 0 bridgehead atoms. The van der Waals surface area contributed by atoms with Gasteiger partial charge >= 0.3 is 5.97 Å². The van der Waals surface area contributed by atoms with Gasteiger partial charge in [-0.05, 0) is 77.0 Å². The van der Waals surface area contributed by atoms with E-state index in [9.17, 15) is 19.8 Å². The van der Waals surface area contributed by atoms with E-state index in [0.717, 1.165) is 44.9 Å². The summed E-state index contributed by atoms with van der Waals surface area (Å²) in [4.78, 5) is 24.5. The number of aliphatic hydroxyl groups excluding tert-OH is 2. The highest BCUT2D eigenvalue weighted by atomic mass is 16.5. The third-order valence-electron chi connectivity index (χ3n) is 18.1. The molecule has 0 aliphatic heterocycles. The molecule has 2 unspecified atom stereocenters. The Balaban J connectivity index is 3.34. The van der Waals surface area contributed by atoms with E-state index in [1.54, 1.807) is 6.08 Å². The Morgan fingerprint density at radius 1 is 0.318 bits per heavy atom. The van der Waals surface area contributed by atoms with Gasteiger partial charge in [-0.1, -0.05) is 378 Å². The van der Waals surface area contributed by atoms with Crippen LogP contribution in [0.1, 0.15) is 431 Å². The molecule has 0 saturated carbocycles. The molecule has 0 saturated heterocycles. The smallest absolute Gasteiger partial charge is 0.305 e. The number of aliphatic hydroxyl groups is 2. The summed E-state index contributed by atoms with van der Waals surface area (Å²) < 4.78 is 5.47. The second kappa shape index (κ2) is 74.5. The lowest BCUT2D eigenvalue weighted by molar-refractivity contribution is -0.143. The van der Waals surface area contributed by atoms with E-state index < -0.39 is 12.1 Å². The molecule has 0 spiro atoms. The first-order valence-electron chi connectivity index (χ1n) is 38.8. The summed E-state index contributed by atoms with van der Waals surface area (Å²) >= 11 is 0. The number of esters is 1. The maximum atomic E-state index is 12.5. The van der Waals surface area contributed by atoms with E-state index in [1.807, 2.05) is 6.08 Å². The molecule has 0 radical (unpaired) electrons. The monoisotopic (exact) mass is 1190 g/mol. The van der Waals surface area contributed by atoms with Crippen molar-refractivity contribution in [2.24, 2.45) is 0 Å². The minimum atomic E-state index is -0.842. The Morgan fingerprint density at radius 3 is 0.871 bits per heavy atom. The quantitative estimate of drug-likeness (QED) is 0.0320. The first kappa shape index (κ1) is 83.1. The number of hydrogen-bond donors (Lipinski definition) is 3. The van der Waals surface area contributed by atoms with Crippen LogP contribution in [-0.2, 0) is 14.3 Å². The van der Waals surface area contributed by atoms with Crippen LogP contribution in [0.25, 0.3) is 0 Å². The van der Waals surface area contributed by atoms with Crippen molar-refractivity contribution in [2.75, 3.05) is 13.2 Å². The number of ether oxygens (including phenoxy) is 1. The predicted octanol–water partition coefficient (Wildman–Crippen LogP) is 25.4. The standard InChI is InChI=1S/C79H151NO5/c1-3-5-7-9-11-13-15-16-17-18-42-45-48-52-55-59-63-67-71-77(82)76(75-81)80-78(83)72-68-64-60-56-53-49-46-43-40-38-36-34-32-30-28-26-24-22-20-19-21-23-25-27-29-31-33-35-37-39-41-44-47-50-54-58-62-66-70-74-85-79(84)73-69-65-61-57-51-14-12-10-8-6-4-2/h10,12,19-20,67,71,76-77,81-82H,3-9,11,13-18,21-66,68-70,72-75H2,1-2H3,(H,80,83)/b12-10-,20-19-,71-67+. The van der Waals surface area contributed by atoms with Gasteiger partial charge in [-0.15, -0.1) is 0 Å². The summed E-state index contributed by atoms with van der Waals surface area (Å²) in [5.74, 6) is -0.0484. The molecule has 0 aromatic heterocycles. The van der Waals surface area contributed by atoms with Crippen LogP contribution >= 0.6 is 0 Å². The number of carbonyl (C=O) groups excluding carboxylic acids is 2. The van der Waals surface area contributed by atoms with Crippen molar-refractivity contribution in [1.29, 1.82) is 0 Å². The van der Waals surface area contributed by atoms with Gasteiger partial charge in [-0.25, -0.2) is 0 Å². The van der Waals surface area contributed by atoms with Crippen LogP contribution in [0, 0.1) is 0 Å². The van der Waals surface area contributed by atoms with Gasteiger partial charge in [0.25, 0.3) is 0 Å². The van der Waals surface area contributed by atoms with E-state index >= 15 is 0 Å². The van der Waals surface area contributed by atoms with Crippen LogP contribution in [0.2, 0.25) is 0 Å². The summed E-state index contributed by atoms with van der Waals surface area (Å²) in [6.45, 7) is 4.91. The van der Waals surface area contributed by atoms with Crippen LogP contribution in [0.3, 0.4) is 0 Å². The van der Waals surface area contributed by atoms with Crippen LogP contribution < -0.4 is 5.32 Å². The van der Waals surface area contributed by atoms with Gasteiger partial charge in [0, 0.05) is 12.8 Å². The Morgan fingerprint density at radius 2 is 0.565 bits per heavy atom. The molecule has 502 valence electrons. The third-order valence-corrected chi connectivity index (χ3v) is 18.1. The summed E-state index contributed by atoms with van der Waals surface area (Å²) in [5, 5.41) is 23.2. The molecular formula is C79H151NO5. The molecule has 0 fully saturated rings. The van der Waals surface area contributed by atoms with Crippen molar-refractivity contribution in [1.82, 2.24) is 5.32 Å². The Bertz CT molecular complexity index is 1380. The molecule has 0 aromatic carbocycles. The van der Waals surface area contributed by atoms with Crippen molar-refractivity contribution in [3.05, 3.63) is 36.5 Å². The molecule has 0 aromatic rings. The Kier molecular flexibility index (Phi) is 72.9. The van der Waals surface area contributed by atoms with E-state index in [2.05, 4.69) is 43.5 Å². The van der Waals surface area contributed by atoms with Crippen LogP contribution in [0.4, 0.5) is 0 Å². The zero-order chi connectivity index (χ0) is 61.3.